The predicted octanol–water partition coefficient (Wildman–Crippen LogP) is 3.27. The van der Waals surface area contributed by atoms with E-state index in [0.717, 1.165) is 0 Å². The first-order valence-electron chi connectivity index (χ1n) is 6.10. The fourth-order valence-corrected chi connectivity index (χ4v) is 3.60. The van der Waals surface area contributed by atoms with Crippen molar-refractivity contribution in [2.45, 2.75) is 51.4 Å². The second-order valence-corrected chi connectivity index (χ2v) is 5.95. The number of allylic oxidation sites excluding steroid dienone is 2. The van der Waals surface area contributed by atoms with Gasteiger partial charge >= 0.3 is 0 Å². The van der Waals surface area contributed by atoms with Gasteiger partial charge in [0.2, 0.25) is 0 Å². The zero-order chi connectivity index (χ0) is 11.7. The van der Waals surface area contributed by atoms with Crippen molar-refractivity contribution in [3.05, 3.63) is 34.7 Å². The van der Waals surface area contributed by atoms with Crippen molar-refractivity contribution in [1.82, 2.24) is 4.57 Å². The zero-order valence-electron chi connectivity index (χ0n) is 13.2. The molecule has 2 atom stereocenters. The van der Waals surface area contributed by atoms with E-state index in [1.165, 1.54) is 24.0 Å². The van der Waals surface area contributed by atoms with E-state index in [-0.39, 0.29) is 142 Å². The van der Waals surface area contributed by atoms with Crippen LogP contribution in [-0.4, -0.2) is 4.57 Å². The molecule has 0 aliphatic heterocycles. The number of hydrogen-bond donors (Lipinski definition) is 0. The third kappa shape index (κ3) is 3.52. The Bertz CT molecular complexity index is 476. The molecule has 0 saturated carbocycles. The molecule has 0 aromatic carbocycles. The van der Waals surface area contributed by atoms with Crippen LogP contribution in [0.25, 0.3) is 0 Å². The molecular weight excluding hydrogens is 550 g/mol. The minimum Gasteiger partial charge on any atom is -0.611 e. The summed E-state index contributed by atoms with van der Waals surface area (Å²) < 4.78 is 1.98. The minimum atomic E-state index is 0. The Hall–Kier alpha value is 3.44. The Morgan fingerprint density at radius 3 is 1.40 bits per heavy atom. The van der Waals surface area contributed by atoms with Gasteiger partial charge in [0.25, 0.3) is 0 Å². The maximum Gasteiger partial charge on any atom is 0 e. The second kappa shape index (κ2) is 8.69. The molecule has 4 radical (unpaired) electrons. The number of hydrogen-bond acceptors (Lipinski definition) is 0. The van der Waals surface area contributed by atoms with E-state index in [2.05, 4.69) is 40.1 Å². The molecule has 0 saturated heterocycles. The molecule has 98 valence electrons. The van der Waals surface area contributed by atoms with Gasteiger partial charge in [0.15, 0.2) is 0 Å². The Kier molecular flexibility index (Phi) is 11.2. The summed E-state index contributed by atoms with van der Waals surface area (Å²) in [6, 6.07) is 0. The Labute approximate surface area is 224 Å². The van der Waals surface area contributed by atoms with Gasteiger partial charge in [0.1, 0.15) is 0 Å². The summed E-state index contributed by atoms with van der Waals surface area (Å²) in [5.41, 5.74) is 6.34. The summed E-state index contributed by atoms with van der Waals surface area (Å²) >= 11 is 0. The van der Waals surface area contributed by atoms with Crippen molar-refractivity contribution in [1.29, 1.82) is 0 Å². The van der Waals surface area contributed by atoms with Crippen molar-refractivity contribution in [3.63, 3.8) is 0 Å². The summed E-state index contributed by atoms with van der Waals surface area (Å²) in [5, 5.41) is 0. The van der Waals surface area contributed by atoms with Crippen LogP contribution in [0.2, 0.25) is 0 Å². The molecule has 5 heteroatoms. The number of nitrogens with zero attached hydrogens (tertiary/aromatic N) is 1. The van der Waals surface area contributed by atoms with E-state index in [4.69, 9.17) is 0 Å². The van der Waals surface area contributed by atoms with Gasteiger partial charge in [-0.05, 0) is 32.7 Å². The van der Waals surface area contributed by atoms with E-state index >= 15 is 0 Å². The summed E-state index contributed by atoms with van der Waals surface area (Å²) in [7, 11) is 2.04. The van der Waals surface area contributed by atoms with Gasteiger partial charge in [-0.15, -0.1) is 0 Å². The molecule has 2 bridgehead atoms. The molecule has 0 spiro atoms. The number of rotatable bonds is 0. The zero-order valence-corrected chi connectivity index (χ0v) is 24.5. The van der Waals surface area contributed by atoms with Gasteiger partial charge in [-0.3, -0.25) is 11.8 Å². The molecule has 0 fully saturated rings. The van der Waals surface area contributed by atoms with Crippen LogP contribution >= 0.6 is 0 Å². The largest absolute Gasteiger partial charge is 0.611 e. The van der Waals surface area contributed by atoms with Gasteiger partial charge in [-0.1, -0.05) is 36.8 Å². The van der Waals surface area contributed by atoms with Crippen molar-refractivity contribution in [2.75, 3.05) is 0 Å². The normalized spacial score (nSPS) is 29.4. The van der Waals surface area contributed by atoms with E-state index in [0.29, 0.717) is 0 Å². The maximum absolute atomic E-state index is 3.47. The molecule has 1 aromatic rings. The first kappa shape index (κ1) is 25.7. The van der Waals surface area contributed by atoms with E-state index in [9.17, 15) is 0 Å². The third-order valence-corrected chi connectivity index (χ3v) is 5.26. The van der Waals surface area contributed by atoms with Gasteiger partial charge < -0.3 is 16.3 Å². The van der Waals surface area contributed by atoms with E-state index < -0.39 is 0 Å². The molecule has 0 amide bonds. The van der Waals surface area contributed by atoms with Crippen LogP contribution in [0.15, 0.2) is 11.1 Å². The summed E-state index contributed by atoms with van der Waals surface area (Å²) in [5.74, 6) is 0. The molecule has 2 unspecified atom stereocenters. The van der Waals surface area contributed by atoms with E-state index in [1.54, 1.807) is 11.1 Å². The maximum atomic E-state index is 3.47. The predicted molar refractivity (Wildman–Crippen MR) is 65.4 cm³/mol. The standard InChI is InChI=1S/C15H19N.4Y/c1-10-11(2)15(4)7-6-14(10,3)12-8-16(5)9-13(12)15;;;;/h6-7H2,1-5H3;;;;/q-2;;;;. The van der Waals surface area contributed by atoms with Crippen molar-refractivity contribution in [2.24, 2.45) is 7.05 Å². The smallest absolute Gasteiger partial charge is 0 e. The molecule has 1 nitrogen and oxygen atoms in total. The first-order chi connectivity index (χ1) is 7.39. The second-order valence-electron chi connectivity index (χ2n) is 5.95. The Morgan fingerprint density at radius 2 is 1.10 bits per heavy atom. The number of fused-ring (bicyclic) bond motifs is 1. The number of aryl methyl sites for hydroxylation is 1. The fraction of sp³-hybridized carbons (Fsp3) is 0.600. The molecule has 1 aromatic heterocycles. The molecular formula is C15H19NY4-2. The van der Waals surface area contributed by atoms with Crippen molar-refractivity contribution in [3.8, 4) is 0 Å². The van der Waals surface area contributed by atoms with Gasteiger partial charge in [-0.25, -0.2) is 0 Å². The minimum absolute atomic E-state index is 0. The van der Waals surface area contributed by atoms with E-state index in [1.807, 2.05) is 11.6 Å². The molecule has 3 aliphatic carbocycles. The van der Waals surface area contributed by atoms with Gasteiger partial charge in [0, 0.05) is 131 Å². The van der Waals surface area contributed by atoms with Crippen molar-refractivity contribution < 1.29 is 131 Å². The quantitative estimate of drug-likeness (QED) is 0.335. The van der Waals surface area contributed by atoms with Crippen LogP contribution in [-0.2, 0) is 149 Å². The molecule has 20 heavy (non-hydrogen) atoms. The Balaban J connectivity index is 0. The average molecular weight is 569 g/mol. The monoisotopic (exact) mass is 569 g/mol. The van der Waals surface area contributed by atoms with Gasteiger partial charge in [-0.2, -0.15) is 0 Å². The molecule has 0 N–H and O–H groups in total. The summed E-state index contributed by atoms with van der Waals surface area (Å²) in [4.78, 5) is 0. The Morgan fingerprint density at radius 1 is 0.800 bits per heavy atom. The summed E-state index contributed by atoms with van der Waals surface area (Å²) in [6.07, 6.45) is 9.46. The molecule has 4 rings (SSSR count). The molecule has 3 aliphatic rings. The van der Waals surface area contributed by atoms with Crippen LogP contribution in [0.5, 0.6) is 0 Å². The summed E-state index contributed by atoms with van der Waals surface area (Å²) in [6.45, 7) is 9.34. The average Bonchev–Trinajstić information content (AvgIpc) is 2.64. The van der Waals surface area contributed by atoms with Crippen LogP contribution in [0.1, 0.15) is 51.7 Å². The molecule has 1 heterocycles. The van der Waals surface area contributed by atoms with Crippen LogP contribution in [0, 0.1) is 12.4 Å². The number of aromatic nitrogens is 1. The van der Waals surface area contributed by atoms with Crippen molar-refractivity contribution >= 4 is 0 Å². The third-order valence-electron chi connectivity index (χ3n) is 5.26. The van der Waals surface area contributed by atoms with Crippen LogP contribution < -0.4 is 0 Å². The first-order valence-corrected chi connectivity index (χ1v) is 6.10. The van der Waals surface area contributed by atoms with Crippen LogP contribution in [0.3, 0.4) is 0 Å². The van der Waals surface area contributed by atoms with Gasteiger partial charge in [0.05, 0.1) is 0 Å². The fourth-order valence-electron chi connectivity index (χ4n) is 3.60. The topological polar surface area (TPSA) is 4.93 Å². The SMILES string of the molecule is CC1=C(C)C2(C)CCC1(C)c1[c-]n(C)[c-]c12.[Y].[Y].[Y].[Y]. The van der Waals surface area contributed by atoms with Crippen LogP contribution in [0.4, 0.5) is 0 Å².